The first-order chi connectivity index (χ1) is 7.79. The van der Waals surface area contributed by atoms with Crippen LogP contribution < -0.4 is 5.32 Å². The summed E-state index contributed by atoms with van der Waals surface area (Å²) in [6, 6.07) is 0. The molecule has 1 heterocycles. The van der Waals surface area contributed by atoms with Crippen molar-refractivity contribution in [3.05, 3.63) is 22.4 Å². The van der Waals surface area contributed by atoms with Gasteiger partial charge in [0.1, 0.15) is 0 Å². The van der Waals surface area contributed by atoms with Gasteiger partial charge in [0.25, 0.3) is 0 Å². The minimum Gasteiger partial charge on any atom is -0.383 e. The third-order valence-corrected chi connectivity index (χ3v) is 2.79. The van der Waals surface area contributed by atoms with Crippen molar-refractivity contribution in [2.75, 3.05) is 27.3 Å². The molecule has 0 atom stereocenters. The van der Waals surface area contributed by atoms with E-state index in [1.807, 2.05) is 17.9 Å². The normalized spacial score (nSPS) is 11.4. The number of halogens is 1. The van der Waals surface area contributed by atoms with Gasteiger partial charge in [-0.3, -0.25) is 4.68 Å². The van der Waals surface area contributed by atoms with Gasteiger partial charge in [0.05, 0.1) is 29.5 Å². The number of nitrogens with one attached hydrogen (secondary N) is 1. The van der Waals surface area contributed by atoms with E-state index in [-0.39, 0.29) is 0 Å². The highest BCUT2D eigenvalue weighted by Crippen LogP contribution is 2.17. The van der Waals surface area contributed by atoms with E-state index in [9.17, 15) is 0 Å². The zero-order chi connectivity index (χ0) is 11.8. The van der Waals surface area contributed by atoms with E-state index in [4.69, 9.17) is 4.74 Å². The maximum Gasteiger partial charge on any atom is 0.0750 e. The third-order valence-electron chi connectivity index (χ3n) is 2.18. The van der Waals surface area contributed by atoms with Crippen molar-refractivity contribution in [2.45, 2.75) is 13.0 Å². The maximum atomic E-state index is 5.04. The van der Waals surface area contributed by atoms with Crippen molar-refractivity contribution in [1.29, 1.82) is 0 Å². The fraction of sp³-hybridized carbons (Fsp3) is 0.545. The average Bonchev–Trinajstić information content (AvgIpc) is 2.63. The number of ether oxygens (including phenoxy) is 1. The first kappa shape index (κ1) is 13.4. The first-order valence-corrected chi connectivity index (χ1v) is 6.10. The Morgan fingerprint density at radius 1 is 1.62 bits per heavy atom. The van der Waals surface area contributed by atoms with Gasteiger partial charge in [-0.2, -0.15) is 5.10 Å². The van der Waals surface area contributed by atoms with E-state index < -0.39 is 0 Å². The lowest BCUT2D eigenvalue weighted by molar-refractivity contribution is 0.183. The van der Waals surface area contributed by atoms with Crippen molar-refractivity contribution in [3.63, 3.8) is 0 Å². The molecule has 5 heteroatoms. The Labute approximate surface area is 105 Å². The monoisotopic (exact) mass is 287 g/mol. The molecule has 0 radical (unpaired) electrons. The topological polar surface area (TPSA) is 39.1 Å². The van der Waals surface area contributed by atoms with E-state index in [1.165, 1.54) is 0 Å². The summed E-state index contributed by atoms with van der Waals surface area (Å²) in [4.78, 5) is 0. The molecule has 0 aromatic carbocycles. The molecular weight excluding hydrogens is 270 g/mol. The van der Waals surface area contributed by atoms with E-state index in [0.29, 0.717) is 6.61 Å². The molecule has 1 aromatic heterocycles. The lowest BCUT2D eigenvalue weighted by Crippen LogP contribution is -2.08. The smallest absolute Gasteiger partial charge is 0.0750 e. The van der Waals surface area contributed by atoms with Crippen LogP contribution in [0.5, 0.6) is 0 Å². The standard InChI is InChI=1S/C11H18BrN3O/c1-13-6-4-3-5-11-10(12)9-14-15(11)7-8-16-2/h3,5,9,13H,4,6-8H2,1-2H3/b5-3+. The summed E-state index contributed by atoms with van der Waals surface area (Å²) in [5.41, 5.74) is 1.09. The molecule has 4 nitrogen and oxygen atoms in total. The molecule has 0 saturated heterocycles. The minimum absolute atomic E-state index is 0.672. The van der Waals surface area contributed by atoms with Crippen LogP contribution in [0.15, 0.2) is 16.7 Å². The lowest BCUT2D eigenvalue weighted by atomic mass is 10.3. The van der Waals surface area contributed by atoms with E-state index in [1.54, 1.807) is 7.11 Å². The maximum absolute atomic E-state index is 5.04. The molecule has 90 valence electrons. The van der Waals surface area contributed by atoms with Crippen molar-refractivity contribution >= 4 is 22.0 Å². The van der Waals surface area contributed by atoms with E-state index in [2.05, 4.69) is 38.5 Å². The van der Waals surface area contributed by atoms with Crippen LogP contribution in [-0.4, -0.2) is 37.1 Å². The average molecular weight is 288 g/mol. The Hall–Kier alpha value is -0.650. The number of rotatable bonds is 7. The van der Waals surface area contributed by atoms with Gasteiger partial charge >= 0.3 is 0 Å². The van der Waals surface area contributed by atoms with Crippen LogP contribution in [0.3, 0.4) is 0 Å². The Morgan fingerprint density at radius 2 is 2.44 bits per heavy atom. The molecule has 0 aliphatic heterocycles. The summed E-state index contributed by atoms with van der Waals surface area (Å²) in [5.74, 6) is 0. The largest absolute Gasteiger partial charge is 0.383 e. The van der Waals surface area contributed by atoms with Crippen LogP contribution in [0.1, 0.15) is 12.1 Å². The van der Waals surface area contributed by atoms with Gasteiger partial charge in [-0.05, 0) is 42.0 Å². The SMILES string of the molecule is CNCC/C=C/c1c(Br)cnn1CCOC. The molecule has 1 N–H and O–H groups in total. The fourth-order valence-electron chi connectivity index (χ4n) is 1.32. The summed E-state index contributed by atoms with van der Waals surface area (Å²) in [7, 11) is 3.65. The zero-order valence-electron chi connectivity index (χ0n) is 9.74. The van der Waals surface area contributed by atoms with Crippen LogP contribution in [0, 0.1) is 0 Å². The molecule has 16 heavy (non-hydrogen) atoms. The van der Waals surface area contributed by atoms with Gasteiger partial charge in [-0.1, -0.05) is 6.08 Å². The molecule has 1 rings (SSSR count). The summed E-state index contributed by atoms with van der Waals surface area (Å²) < 4.78 is 7.99. The molecule has 0 aliphatic rings. The van der Waals surface area contributed by atoms with E-state index >= 15 is 0 Å². The van der Waals surface area contributed by atoms with Crippen molar-refractivity contribution in [3.8, 4) is 0 Å². The number of hydrogen-bond donors (Lipinski definition) is 1. The van der Waals surface area contributed by atoms with Gasteiger partial charge in [-0.15, -0.1) is 0 Å². The number of nitrogens with zero attached hydrogens (tertiary/aromatic N) is 2. The minimum atomic E-state index is 0.672. The van der Waals surface area contributed by atoms with Crippen LogP contribution in [-0.2, 0) is 11.3 Å². The molecule has 1 aromatic rings. The molecule has 0 spiro atoms. The second kappa shape index (κ2) is 7.60. The number of methoxy groups -OCH3 is 1. The summed E-state index contributed by atoms with van der Waals surface area (Å²) in [5, 5.41) is 7.38. The summed E-state index contributed by atoms with van der Waals surface area (Å²) in [6.45, 7) is 2.43. The van der Waals surface area contributed by atoms with Gasteiger partial charge in [0.15, 0.2) is 0 Å². The molecular formula is C11H18BrN3O. The summed E-state index contributed by atoms with van der Waals surface area (Å²) >= 11 is 3.49. The highest BCUT2D eigenvalue weighted by molar-refractivity contribution is 9.10. The van der Waals surface area contributed by atoms with Crippen LogP contribution in [0.4, 0.5) is 0 Å². The Morgan fingerprint density at radius 3 is 3.12 bits per heavy atom. The second-order valence-corrected chi connectivity index (χ2v) is 4.24. The highest BCUT2D eigenvalue weighted by atomic mass is 79.9. The van der Waals surface area contributed by atoms with Crippen LogP contribution >= 0.6 is 15.9 Å². The van der Waals surface area contributed by atoms with Gasteiger partial charge in [0.2, 0.25) is 0 Å². The van der Waals surface area contributed by atoms with Gasteiger partial charge in [-0.25, -0.2) is 0 Å². The molecule has 0 amide bonds. The van der Waals surface area contributed by atoms with Gasteiger partial charge in [0, 0.05) is 7.11 Å². The molecule has 0 saturated carbocycles. The predicted molar refractivity (Wildman–Crippen MR) is 69.4 cm³/mol. The first-order valence-electron chi connectivity index (χ1n) is 5.31. The Kier molecular flexibility index (Phi) is 6.37. The van der Waals surface area contributed by atoms with Crippen molar-refractivity contribution < 1.29 is 4.74 Å². The molecule has 0 bridgehead atoms. The number of hydrogen-bond acceptors (Lipinski definition) is 3. The van der Waals surface area contributed by atoms with Crippen LogP contribution in [0.2, 0.25) is 0 Å². The third kappa shape index (κ3) is 4.08. The quantitative estimate of drug-likeness (QED) is 0.779. The lowest BCUT2D eigenvalue weighted by Gasteiger charge is -2.03. The highest BCUT2D eigenvalue weighted by Gasteiger charge is 2.04. The van der Waals surface area contributed by atoms with Crippen LogP contribution in [0.25, 0.3) is 6.08 Å². The zero-order valence-corrected chi connectivity index (χ0v) is 11.3. The molecule has 0 aliphatic carbocycles. The van der Waals surface area contributed by atoms with E-state index in [0.717, 1.165) is 29.7 Å². The molecule has 0 unspecified atom stereocenters. The van der Waals surface area contributed by atoms with Crippen molar-refractivity contribution in [1.82, 2.24) is 15.1 Å². The Balaban J connectivity index is 2.61. The van der Waals surface area contributed by atoms with Gasteiger partial charge < -0.3 is 10.1 Å². The summed E-state index contributed by atoms with van der Waals surface area (Å²) in [6.07, 6.45) is 7.05. The fourth-order valence-corrected chi connectivity index (χ4v) is 1.74. The predicted octanol–water partition coefficient (Wildman–Crippen LogP) is 1.91. The number of aromatic nitrogens is 2. The second-order valence-electron chi connectivity index (χ2n) is 3.39. The molecule has 0 fully saturated rings. The van der Waals surface area contributed by atoms with Crippen molar-refractivity contribution in [2.24, 2.45) is 0 Å². The Bertz CT molecular complexity index is 336.